The first-order chi connectivity index (χ1) is 25.3. The molecule has 10 aromatic rings. The number of hydrogen-bond acceptors (Lipinski definition) is 6. The van der Waals surface area contributed by atoms with Gasteiger partial charge in [0.1, 0.15) is 34.3 Å². The van der Waals surface area contributed by atoms with E-state index in [0.717, 1.165) is 72.0 Å². The number of hydrogen-bond donors (Lipinski definition) is 1. The molecule has 0 spiro atoms. The summed E-state index contributed by atoms with van der Waals surface area (Å²) in [6.45, 7) is 0. The second-order valence-electron chi connectivity index (χ2n) is 12.9. The molecule has 0 saturated heterocycles. The zero-order valence-corrected chi connectivity index (χ0v) is 27.9. The van der Waals surface area contributed by atoms with E-state index in [2.05, 4.69) is 121 Å². The average molecular weight is 674 g/mol. The molecule has 4 heterocycles. The maximum atomic E-state index is 6.78. The van der Waals surface area contributed by atoms with Gasteiger partial charge < -0.3 is 14.2 Å². The monoisotopic (exact) mass is 673 g/mol. The van der Waals surface area contributed by atoms with E-state index in [-0.39, 0.29) is 0 Å². The Hall–Kier alpha value is -6.50. The smallest absolute Gasteiger partial charge is 0.159 e. The predicted octanol–water partition coefficient (Wildman–Crippen LogP) is 12.0. The third-order valence-electron chi connectivity index (χ3n) is 9.97. The number of amidine groups is 2. The average Bonchev–Trinajstić information content (AvgIpc) is 3.89. The van der Waals surface area contributed by atoms with Gasteiger partial charge in [-0.1, -0.05) is 121 Å². The van der Waals surface area contributed by atoms with Crippen molar-refractivity contribution in [2.45, 2.75) is 6.17 Å². The Kier molecular flexibility index (Phi) is 6.12. The second kappa shape index (κ2) is 11.0. The van der Waals surface area contributed by atoms with Crippen LogP contribution in [0.25, 0.3) is 75.2 Å². The van der Waals surface area contributed by atoms with Crippen LogP contribution in [0.15, 0.2) is 170 Å². The minimum atomic E-state index is -0.418. The molecule has 0 radical (unpaired) electrons. The lowest BCUT2D eigenvalue weighted by atomic mass is 9.98. The van der Waals surface area contributed by atoms with E-state index in [9.17, 15) is 0 Å². The fraction of sp³-hybridized carbons (Fsp3) is 0.0222. The van der Waals surface area contributed by atoms with E-state index in [0.29, 0.717) is 5.84 Å². The highest BCUT2D eigenvalue weighted by Crippen LogP contribution is 2.44. The van der Waals surface area contributed by atoms with Crippen molar-refractivity contribution in [2.24, 2.45) is 9.98 Å². The highest BCUT2D eigenvalue weighted by Gasteiger charge is 2.26. The van der Waals surface area contributed by atoms with Crippen LogP contribution in [0, 0.1) is 0 Å². The molecule has 0 bridgehead atoms. The number of thiophene rings is 1. The molecule has 7 aromatic carbocycles. The Morgan fingerprint density at radius 2 is 1.25 bits per heavy atom. The third-order valence-corrected chi connectivity index (χ3v) is 11.2. The molecule has 0 amide bonds. The number of benzene rings is 7. The SMILES string of the molecule is c1ccc(C2=NC(c3cccc4oc5c(-c6cccc7c6sc6ccccc67)cccc5c34)NC(c3ccc4c(c3)oc3ccccc34)=N2)cc1. The van der Waals surface area contributed by atoms with Crippen molar-refractivity contribution < 1.29 is 8.83 Å². The summed E-state index contributed by atoms with van der Waals surface area (Å²) in [5.74, 6) is 1.40. The summed E-state index contributed by atoms with van der Waals surface area (Å²) in [6, 6.07) is 52.5. The van der Waals surface area contributed by atoms with Crippen molar-refractivity contribution >= 4 is 87.1 Å². The van der Waals surface area contributed by atoms with E-state index in [1.165, 1.54) is 25.7 Å². The molecule has 0 aliphatic carbocycles. The molecule has 11 rings (SSSR count). The molecular weight excluding hydrogens is 647 g/mol. The van der Waals surface area contributed by atoms with Gasteiger partial charge in [0, 0.05) is 69.5 Å². The normalized spacial score (nSPS) is 14.9. The van der Waals surface area contributed by atoms with Gasteiger partial charge in [0.25, 0.3) is 0 Å². The molecule has 1 aliphatic heterocycles. The summed E-state index contributed by atoms with van der Waals surface area (Å²) in [5.41, 5.74) is 8.55. The van der Waals surface area contributed by atoms with Crippen LogP contribution in [0.3, 0.4) is 0 Å². The number of nitrogens with zero attached hydrogens (tertiary/aromatic N) is 2. The molecule has 1 aliphatic rings. The second-order valence-corrected chi connectivity index (χ2v) is 14.0. The van der Waals surface area contributed by atoms with Crippen LogP contribution >= 0.6 is 11.3 Å². The molecule has 0 fully saturated rings. The number of para-hydroxylation sites is 2. The number of rotatable bonds is 4. The first-order valence-corrected chi connectivity index (χ1v) is 17.8. The van der Waals surface area contributed by atoms with Gasteiger partial charge in [0.15, 0.2) is 5.84 Å². The van der Waals surface area contributed by atoms with E-state index in [4.69, 9.17) is 18.8 Å². The molecule has 240 valence electrons. The van der Waals surface area contributed by atoms with Crippen LogP contribution in [0.2, 0.25) is 0 Å². The quantitative estimate of drug-likeness (QED) is 0.202. The standard InChI is InChI=1S/C45H27N3O2S/c1-2-11-26(12-3-1)43-46-44(27-23-24-29-28-13-4-6-20-36(28)49-38(29)25-27)48-45(47-43)35-19-10-21-37-40(35)34-18-8-15-31(41(34)50-37)33-17-9-16-32-30-14-5-7-22-39(30)51-42(32)33/h1-25,45H,(H,46,47,48). The van der Waals surface area contributed by atoms with Gasteiger partial charge in [-0.2, -0.15) is 0 Å². The van der Waals surface area contributed by atoms with Crippen molar-refractivity contribution in [2.75, 3.05) is 0 Å². The van der Waals surface area contributed by atoms with Crippen molar-refractivity contribution in [3.05, 3.63) is 168 Å². The Morgan fingerprint density at radius 1 is 0.529 bits per heavy atom. The van der Waals surface area contributed by atoms with Crippen molar-refractivity contribution in [1.29, 1.82) is 0 Å². The molecule has 1 N–H and O–H groups in total. The van der Waals surface area contributed by atoms with Gasteiger partial charge in [0.2, 0.25) is 0 Å². The zero-order valence-electron chi connectivity index (χ0n) is 27.1. The van der Waals surface area contributed by atoms with Crippen LogP contribution < -0.4 is 5.32 Å². The summed E-state index contributed by atoms with van der Waals surface area (Å²) in [5, 5.41) is 10.5. The zero-order chi connectivity index (χ0) is 33.5. The molecule has 5 nitrogen and oxygen atoms in total. The molecule has 1 atom stereocenters. The van der Waals surface area contributed by atoms with E-state index in [1.54, 1.807) is 0 Å². The minimum Gasteiger partial charge on any atom is -0.456 e. The summed E-state index contributed by atoms with van der Waals surface area (Å²) in [7, 11) is 0. The Labute approximate surface area is 295 Å². The van der Waals surface area contributed by atoms with Crippen LogP contribution in [0.4, 0.5) is 0 Å². The van der Waals surface area contributed by atoms with Gasteiger partial charge in [-0.3, -0.25) is 0 Å². The third kappa shape index (κ3) is 4.40. The van der Waals surface area contributed by atoms with Gasteiger partial charge >= 0.3 is 0 Å². The summed E-state index contributed by atoms with van der Waals surface area (Å²) in [6.07, 6.45) is -0.418. The Bertz CT molecular complexity index is 3070. The van der Waals surface area contributed by atoms with Crippen LogP contribution in [-0.2, 0) is 0 Å². The van der Waals surface area contributed by atoms with Crippen LogP contribution in [-0.4, -0.2) is 11.7 Å². The highest BCUT2D eigenvalue weighted by molar-refractivity contribution is 7.26. The number of fused-ring (bicyclic) bond motifs is 9. The summed E-state index contributed by atoms with van der Waals surface area (Å²) < 4.78 is 15.6. The molecule has 1 unspecified atom stereocenters. The molecular formula is C45H27N3O2S. The van der Waals surface area contributed by atoms with Crippen LogP contribution in [0.5, 0.6) is 0 Å². The maximum Gasteiger partial charge on any atom is 0.159 e. The molecule has 0 saturated carbocycles. The van der Waals surface area contributed by atoms with Crippen LogP contribution in [0.1, 0.15) is 22.9 Å². The lowest BCUT2D eigenvalue weighted by Gasteiger charge is -2.24. The van der Waals surface area contributed by atoms with E-state index in [1.807, 2.05) is 47.7 Å². The fourth-order valence-electron chi connectivity index (χ4n) is 7.62. The van der Waals surface area contributed by atoms with Crippen molar-refractivity contribution in [3.63, 3.8) is 0 Å². The summed E-state index contributed by atoms with van der Waals surface area (Å²) in [4.78, 5) is 10.3. The van der Waals surface area contributed by atoms with Gasteiger partial charge in [-0.15, -0.1) is 11.3 Å². The van der Waals surface area contributed by atoms with E-state index < -0.39 is 6.17 Å². The lowest BCUT2D eigenvalue weighted by molar-refractivity contribution is 0.662. The lowest BCUT2D eigenvalue weighted by Crippen LogP contribution is -2.33. The Balaban J connectivity index is 1.08. The number of furan rings is 2. The Morgan fingerprint density at radius 3 is 2.18 bits per heavy atom. The molecule has 51 heavy (non-hydrogen) atoms. The molecule has 6 heteroatoms. The van der Waals surface area contributed by atoms with Gasteiger partial charge in [-0.25, -0.2) is 9.98 Å². The number of aliphatic imine (C=N–C) groups is 2. The largest absolute Gasteiger partial charge is 0.456 e. The first-order valence-electron chi connectivity index (χ1n) is 17.0. The maximum absolute atomic E-state index is 6.78. The number of nitrogens with one attached hydrogen (secondary N) is 1. The highest BCUT2D eigenvalue weighted by atomic mass is 32.1. The first kappa shape index (κ1) is 28.3. The van der Waals surface area contributed by atoms with Crippen molar-refractivity contribution in [3.8, 4) is 11.1 Å². The van der Waals surface area contributed by atoms with Gasteiger partial charge in [0.05, 0.1) is 0 Å². The fourth-order valence-corrected chi connectivity index (χ4v) is 8.85. The van der Waals surface area contributed by atoms with E-state index >= 15 is 0 Å². The predicted molar refractivity (Wildman–Crippen MR) is 211 cm³/mol. The molecule has 3 aromatic heterocycles. The summed E-state index contributed by atoms with van der Waals surface area (Å²) >= 11 is 1.83. The minimum absolute atomic E-state index is 0.418. The topological polar surface area (TPSA) is 63.0 Å². The van der Waals surface area contributed by atoms with Crippen molar-refractivity contribution in [1.82, 2.24) is 5.32 Å². The van der Waals surface area contributed by atoms with Gasteiger partial charge in [-0.05, 0) is 30.3 Å².